The van der Waals surface area contributed by atoms with Crippen LogP contribution in [0.2, 0.25) is 0 Å². The smallest absolute Gasteiger partial charge is 0.137 e. The van der Waals surface area contributed by atoms with Gasteiger partial charge in [0.2, 0.25) is 0 Å². The Morgan fingerprint density at radius 3 is 2.60 bits per heavy atom. The van der Waals surface area contributed by atoms with Gasteiger partial charge < -0.3 is 5.11 Å². The van der Waals surface area contributed by atoms with E-state index in [4.69, 9.17) is 0 Å². The van der Waals surface area contributed by atoms with Crippen molar-refractivity contribution in [2.45, 2.75) is 51.0 Å². The number of benzene rings is 1. The molecule has 2 fully saturated rings. The van der Waals surface area contributed by atoms with Crippen LogP contribution in [0.3, 0.4) is 0 Å². The highest BCUT2D eigenvalue weighted by atomic mass is 79.9. The van der Waals surface area contributed by atoms with Gasteiger partial charge in [0.15, 0.2) is 0 Å². The molecule has 4 unspecified atom stereocenters. The van der Waals surface area contributed by atoms with Gasteiger partial charge in [-0.25, -0.2) is 4.39 Å². The van der Waals surface area contributed by atoms with E-state index >= 15 is 0 Å². The number of aliphatic hydroxyl groups excluding tert-OH is 1. The third-order valence-electron chi connectivity index (χ3n) is 5.31. The summed E-state index contributed by atoms with van der Waals surface area (Å²) in [4.78, 5) is 0. The molecule has 2 saturated carbocycles. The third-order valence-corrected chi connectivity index (χ3v) is 5.92. The van der Waals surface area contributed by atoms with Crippen molar-refractivity contribution in [1.29, 1.82) is 0 Å². The quantitative estimate of drug-likeness (QED) is 0.781. The summed E-state index contributed by atoms with van der Waals surface area (Å²) < 4.78 is 13.7. The first-order chi connectivity index (χ1) is 9.65. The molecule has 110 valence electrons. The molecule has 4 atom stereocenters. The highest BCUT2D eigenvalue weighted by Gasteiger charge is 2.35. The summed E-state index contributed by atoms with van der Waals surface area (Å²) in [5.41, 5.74) is 0.845. The van der Waals surface area contributed by atoms with Gasteiger partial charge in [0.05, 0.1) is 10.6 Å². The molecule has 3 heteroatoms. The molecule has 0 aliphatic heterocycles. The summed E-state index contributed by atoms with van der Waals surface area (Å²) in [6.07, 6.45) is 8.52. The van der Waals surface area contributed by atoms with E-state index in [1.165, 1.54) is 38.2 Å². The van der Waals surface area contributed by atoms with Crippen LogP contribution < -0.4 is 0 Å². The standard InChI is InChI=1S/C17H22BrFO/c18-15-10-14(7-8-16(15)19)17(20)13-6-5-11-3-1-2-4-12(11)9-13/h7-8,10-13,17,20H,1-6,9H2. The average molecular weight is 341 g/mol. The van der Waals surface area contributed by atoms with Crippen molar-refractivity contribution in [1.82, 2.24) is 0 Å². The van der Waals surface area contributed by atoms with E-state index < -0.39 is 6.10 Å². The first kappa shape index (κ1) is 14.5. The Balaban J connectivity index is 1.70. The SMILES string of the molecule is OC(c1ccc(F)c(Br)c1)C1CCC2CCCCC2C1. The molecule has 2 aliphatic rings. The van der Waals surface area contributed by atoms with Crippen molar-refractivity contribution in [3.63, 3.8) is 0 Å². The summed E-state index contributed by atoms with van der Waals surface area (Å²) in [5.74, 6) is 1.77. The largest absolute Gasteiger partial charge is 0.388 e. The van der Waals surface area contributed by atoms with Gasteiger partial charge in [-0.05, 0) is 70.6 Å². The molecule has 0 spiro atoms. The van der Waals surface area contributed by atoms with Crippen LogP contribution in [0.1, 0.15) is 56.6 Å². The number of fused-ring (bicyclic) bond motifs is 1. The van der Waals surface area contributed by atoms with Crippen LogP contribution in [0.25, 0.3) is 0 Å². The van der Waals surface area contributed by atoms with Gasteiger partial charge in [-0.1, -0.05) is 31.7 Å². The number of hydrogen-bond donors (Lipinski definition) is 1. The zero-order chi connectivity index (χ0) is 14.1. The Hall–Kier alpha value is -0.410. The van der Waals surface area contributed by atoms with E-state index in [0.717, 1.165) is 30.2 Å². The molecule has 0 radical (unpaired) electrons. The van der Waals surface area contributed by atoms with Gasteiger partial charge in [-0.3, -0.25) is 0 Å². The summed E-state index contributed by atoms with van der Waals surface area (Å²) >= 11 is 3.21. The lowest BCUT2D eigenvalue weighted by atomic mass is 9.66. The maximum Gasteiger partial charge on any atom is 0.137 e. The van der Waals surface area contributed by atoms with Crippen molar-refractivity contribution < 1.29 is 9.50 Å². The van der Waals surface area contributed by atoms with Gasteiger partial charge in [-0.15, -0.1) is 0 Å². The molecule has 1 nitrogen and oxygen atoms in total. The van der Waals surface area contributed by atoms with E-state index in [9.17, 15) is 9.50 Å². The summed E-state index contributed by atoms with van der Waals surface area (Å²) in [5, 5.41) is 10.6. The lowest BCUT2D eigenvalue weighted by Gasteiger charge is -2.40. The van der Waals surface area contributed by atoms with E-state index in [1.54, 1.807) is 12.1 Å². The van der Waals surface area contributed by atoms with E-state index in [2.05, 4.69) is 15.9 Å². The van der Waals surface area contributed by atoms with Crippen LogP contribution in [0, 0.1) is 23.6 Å². The summed E-state index contributed by atoms with van der Waals surface area (Å²) in [6.45, 7) is 0. The second-order valence-corrected chi connectivity index (χ2v) is 7.35. The number of hydrogen-bond acceptors (Lipinski definition) is 1. The van der Waals surface area contributed by atoms with Crippen molar-refractivity contribution in [2.75, 3.05) is 0 Å². The molecule has 0 saturated heterocycles. The van der Waals surface area contributed by atoms with Crippen molar-refractivity contribution in [2.24, 2.45) is 17.8 Å². The second-order valence-electron chi connectivity index (χ2n) is 6.50. The van der Waals surface area contributed by atoms with Crippen LogP contribution in [-0.2, 0) is 0 Å². The minimum Gasteiger partial charge on any atom is -0.388 e. The maximum absolute atomic E-state index is 13.3. The molecule has 1 aromatic carbocycles. The van der Waals surface area contributed by atoms with Crippen LogP contribution >= 0.6 is 15.9 Å². The fourth-order valence-electron chi connectivity index (χ4n) is 4.16. The zero-order valence-electron chi connectivity index (χ0n) is 11.7. The van der Waals surface area contributed by atoms with Crippen LogP contribution in [0.5, 0.6) is 0 Å². The minimum absolute atomic E-state index is 0.267. The van der Waals surface area contributed by atoms with E-state index in [0.29, 0.717) is 10.4 Å². The van der Waals surface area contributed by atoms with E-state index in [-0.39, 0.29) is 5.82 Å². The Labute approximate surface area is 128 Å². The lowest BCUT2D eigenvalue weighted by Crippen LogP contribution is -2.30. The molecule has 3 rings (SSSR count). The number of aliphatic hydroxyl groups is 1. The Morgan fingerprint density at radius 2 is 1.85 bits per heavy atom. The second kappa shape index (κ2) is 6.15. The first-order valence-electron chi connectivity index (χ1n) is 7.78. The highest BCUT2D eigenvalue weighted by molar-refractivity contribution is 9.10. The fraction of sp³-hybridized carbons (Fsp3) is 0.647. The summed E-state index contributed by atoms with van der Waals surface area (Å²) in [6, 6.07) is 4.89. The van der Waals surface area contributed by atoms with Crippen molar-refractivity contribution in [3.05, 3.63) is 34.1 Å². The Bertz CT molecular complexity index is 476. The molecule has 0 amide bonds. The van der Waals surface area contributed by atoms with Gasteiger partial charge in [-0.2, -0.15) is 0 Å². The minimum atomic E-state index is -0.449. The fourth-order valence-corrected chi connectivity index (χ4v) is 4.56. The normalized spacial score (nSPS) is 31.6. The molecule has 1 aromatic rings. The number of rotatable bonds is 2. The predicted octanol–water partition coefficient (Wildman–Crippen LogP) is 5.23. The summed E-state index contributed by atoms with van der Waals surface area (Å²) in [7, 11) is 0. The van der Waals surface area contributed by atoms with E-state index in [1.807, 2.05) is 0 Å². The molecule has 2 aliphatic carbocycles. The molecular weight excluding hydrogens is 319 g/mol. The van der Waals surface area contributed by atoms with Gasteiger partial charge in [0, 0.05) is 0 Å². The highest BCUT2D eigenvalue weighted by Crippen LogP contribution is 2.46. The number of halogens is 2. The van der Waals surface area contributed by atoms with Crippen molar-refractivity contribution >= 4 is 15.9 Å². The van der Waals surface area contributed by atoms with Gasteiger partial charge in [0.1, 0.15) is 5.82 Å². The van der Waals surface area contributed by atoms with Gasteiger partial charge in [0.25, 0.3) is 0 Å². The molecule has 0 bridgehead atoms. The topological polar surface area (TPSA) is 20.2 Å². The monoisotopic (exact) mass is 340 g/mol. The van der Waals surface area contributed by atoms with Crippen LogP contribution in [0.4, 0.5) is 4.39 Å². The van der Waals surface area contributed by atoms with Gasteiger partial charge >= 0.3 is 0 Å². The molecule has 0 aromatic heterocycles. The van der Waals surface area contributed by atoms with Crippen LogP contribution in [-0.4, -0.2) is 5.11 Å². The molecule has 1 N–H and O–H groups in total. The Kier molecular flexibility index (Phi) is 4.46. The third kappa shape index (κ3) is 2.94. The average Bonchev–Trinajstić information content (AvgIpc) is 2.49. The maximum atomic E-state index is 13.3. The molecular formula is C17H22BrFO. The zero-order valence-corrected chi connectivity index (χ0v) is 13.3. The van der Waals surface area contributed by atoms with Crippen molar-refractivity contribution in [3.8, 4) is 0 Å². The van der Waals surface area contributed by atoms with Crippen LogP contribution in [0.15, 0.2) is 22.7 Å². The predicted molar refractivity (Wildman–Crippen MR) is 81.8 cm³/mol. The first-order valence-corrected chi connectivity index (χ1v) is 8.57. The molecule has 0 heterocycles. The molecule has 20 heavy (non-hydrogen) atoms. The Morgan fingerprint density at radius 1 is 1.10 bits per heavy atom. The lowest BCUT2D eigenvalue weighted by molar-refractivity contribution is 0.0348.